The van der Waals surface area contributed by atoms with Crippen molar-refractivity contribution in [2.24, 2.45) is 21.5 Å². The monoisotopic (exact) mass is 207 g/mol. The van der Waals surface area contributed by atoms with Crippen molar-refractivity contribution in [1.82, 2.24) is 0 Å². The smallest absolute Gasteiger partial charge is 0.216 e. The minimum Gasteiger partial charge on any atom is -0.387 e. The Morgan fingerprint density at radius 1 is 1.47 bits per heavy atom. The van der Waals surface area contributed by atoms with Crippen LogP contribution in [0.2, 0.25) is 0 Å². The zero-order chi connectivity index (χ0) is 13.8. The Hall–Kier alpha value is -1.84. The molecule has 0 spiro atoms. The number of nitrogens with two attached hydrogens (primary N) is 2. The van der Waals surface area contributed by atoms with Crippen molar-refractivity contribution in [2.45, 2.75) is 13.3 Å². The number of aryl methyl sites for hydroxylation is 1. The van der Waals surface area contributed by atoms with E-state index >= 15 is 0 Å². The van der Waals surface area contributed by atoms with Crippen LogP contribution in [0.4, 0.5) is 0 Å². The van der Waals surface area contributed by atoms with Gasteiger partial charge in [0.25, 0.3) is 0 Å². The fraction of sp³-hybridized carbons (Fsp3) is 0.273. The summed E-state index contributed by atoms with van der Waals surface area (Å²) in [6.45, 7) is -0.378. The minimum atomic E-state index is -1.92. The first-order valence-corrected chi connectivity index (χ1v) is 4.51. The number of hydrogen-bond acceptors (Lipinski definition) is 1. The fourth-order valence-electron chi connectivity index (χ4n) is 0.952. The summed E-state index contributed by atoms with van der Waals surface area (Å²) in [5.41, 5.74) is 11.3. The summed E-state index contributed by atoms with van der Waals surface area (Å²) in [5.74, 6) is 0.00963. The molecule has 4 heteroatoms. The second-order valence-electron chi connectivity index (χ2n) is 2.95. The molecule has 0 unspecified atom stereocenters. The summed E-state index contributed by atoms with van der Waals surface area (Å²) >= 11 is 0. The third-order valence-electron chi connectivity index (χ3n) is 1.53. The van der Waals surface area contributed by atoms with Gasteiger partial charge in [-0.1, -0.05) is 30.3 Å². The molecule has 0 atom stereocenters. The van der Waals surface area contributed by atoms with Crippen LogP contribution in [0.15, 0.2) is 40.3 Å². The van der Waals surface area contributed by atoms with Crippen LogP contribution in [0.25, 0.3) is 0 Å². The van der Waals surface area contributed by atoms with Gasteiger partial charge in [-0.25, -0.2) is 4.99 Å². The molecule has 0 aliphatic carbocycles. The highest BCUT2D eigenvalue weighted by Gasteiger charge is 1.91. The molecule has 4 nitrogen and oxygen atoms in total. The van der Waals surface area contributed by atoms with Gasteiger partial charge in [-0.3, -0.25) is 4.99 Å². The van der Waals surface area contributed by atoms with Crippen LogP contribution < -0.4 is 11.5 Å². The summed E-state index contributed by atoms with van der Waals surface area (Å²) in [6, 6.07) is 7.03. The van der Waals surface area contributed by atoms with E-state index in [0.29, 0.717) is 5.56 Å². The molecular weight excluding hydrogens is 188 g/mol. The molecule has 1 rings (SSSR count). The molecule has 0 amide bonds. The van der Waals surface area contributed by atoms with Gasteiger partial charge < -0.3 is 11.5 Å². The molecule has 0 aromatic heterocycles. The summed E-state index contributed by atoms with van der Waals surface area (Å²) in [5, 5.41) is 0. The number of benzene rings is 1. The van der Waals surface area contributed by atoms with E-state index in [-0.39, 0.29) is 24.3 Å². The van der Waals surface area contributed by atoms with Crippen LogP contribution >= 0.6 is 0 Å². The molecule has 1 aromatic rings. The first kappa shape index (κ1) is 7.45. The normalized spacial score (nSPS) is 16.7. The maximum atomic E-state index is 7.74. The highest BCUT2D eigenvalue weighted by Crippen LogP contribution is 1.99. The Morgan fingerprint density at radius 3 is 2.93 bits per heavy atom. The molecule has 0 bridgehead atoms. The van der Waals surface area contributed by atoms with Crippen molar-refractivity contribution in [3.8, 4) is 0 Å². The lowest BCUT2D eigenvalue weighted by atomic mass is 10.2. The number of amidine groups is 1. The Bertz CT molecular complexity index is 479. The van der Waals surface area contributed by atoms with E-state index in [1.165, 1.54) is 6.92 Å². The SMILES string of the molecule is [2H]c1ccccc1CC([2H])([2H])N=C(N)N=C(C)N. The zero-order valence-electron chi connectivity index (χ0n) is 11.6. The van der Waals surface area contributed by atoms with Gasteiger partial charge in [-0.05, 0) is 18.9 Å². The van der Waals surface area contributed by atoms with Gasteiger partial charge in [0.05, 0.1) is 9.95 Å². The molecule has 80 valence electrons. The largest absolute Gasteiger partial charge is 0.387 e. The van der Waals surface area contributed by atoms with Crippen molar-refractivity contribution < 1.29 is 4.11 Å². The van der Waals surface area contributed by atoms with Crippen LogP contribution in [0.5, 0.6) is 0 Å². The highest BCUT2D eigenvalue weighted by molar-refractivity contribution is 5.93. The molecular formula is C11H16N4. The molecule has 0 aliphatic heterocycles. The molecule has 0 saturated heterocycles. The van der Waals surface area contributed by atoms with E-state index < -0.39 is 6.50 Å². The molecule has 4 N–H and O–H groups in total. The molecule has 0 fully saturated rings. The summed E-state index contributed by atoms with van der Waals surface area (Å²) in [4.78, 5) is 7.32. The van der Waals surface area contributed by atoms with Crippen molar-refractivity contribution in [1.29, 1.82) is 0 Å². The fourth-order valence-corrected chi connectivity index (χ4v) is 0.952. The van der Waals surface area contributed by atoms with E-state index in [1.807, 2.05) is 0 Å². The maximum Gasteiger partial charge on any atom is 0.216 e. The third kappa shape index (κ3) is 4.81. The van der Waals surface area contributed by atoms with Crippen molar-refractivity contribution in [2.75, 3.05) is 6.50 Å². The summed E-state index contributed by atoms with van der Waals surface area (Å²) in [7, 11) is 0. The first-order chi connectivity index (χ1) is 8.30. The van der Waals surface area contributed by atoms with E-state index in [4.69, 9.17) is 15.6 Å². The van der Waals surface area contributed by atoms with Crippen LogP contribution in [-0.4, -0.2) is 18.3 Å². The maximum absolute atomic E-state index is 7.74. The lowest BCUT2D eigenvalue weighted by molar-refractivity contribution is 0.962. The predicted octanol–water partition coefficient (Wildman–Crippen LogP) is 0.921. The topological polar surface area (TPSA) is 76.8 Å². The Morgan fingerprint density at radius 2 is 2.27 bits per heavy atom. The van der Waals surface area contributed by atoms with Gasteiger partial charge in [0.2, 0.25) is 5.96 Å². The second kappa shape index (κ2) is 5.80. The molecule has 1 aromatic carbocycles. The number of hydrogen-bond donors (Lipinski definition) is 2. The Labute approximate surface area is 93.9 Å². The van der Waals surface area contributed by atoms with E-state index in [0.717, 1.165) is 0 Å². The predicted molar refractivity (Wildman–Crippen MR) is 63.9 cm³/mol. The van der Waals surface area contributed by atoms with Gasteiger partial charge in [0.1, 0.15) is 0 Å². The number of rotatable bonds is 3. The van der Waals surface area contributed by atoms with E-state index in [9.17, 15) is 0 Å². The summed E-state index contributed by atoms with van der Waals surface area (Å²) in [6.07, 6.45) is -0.0352. The molecule has 0 aliphatic rings. The summed E-state index contributed by atoms with van der Waals surface area (Å²) < 4.78 is 23.1. The molecule has 0 radical (unpaired) electrons. The van der Waals surface area contributed by atoms with Crippen LogP contribution in [-0.2, 0) is 6.42 Å². The van der Waals surface area contributed by atoms with Crippen molar-refractivity contribution in [3.05, 3.63) is 35.9 Å². The lowest BCUT2D eigenvalue weighted by Crippen LogP contribution is -2.16. The van der Waals surface area contributed by atoms with E-state index in [2.05, 4.69) is 9.98 Å². The number of guanidine groups is 1. The van der Waals surface area contributed by atoms with Crippen LogP contribution in [0, 0.1) is 0 Å². The zero-order valence-corrected chi connectivity index (χ0v) is 8.57. The van der Waals surface area contributed by atoms with Gasteiger partial charge in [-0.2, -0.15) is 0 Å². The third-order valence-corrected chi connectivity index (χ3v) is 1.53. The van der Waals surface area contributed by atoms with Crippen molar-refractivity contribution in [3.63, 3.8) is 0 Å². The van der Waals surface area contributed by atoms with Gasteiger partial charge >= 0.3 is 0 Å². The average Bonchev–Trinajstić information content (AvgIpc) is 2.18. The quantitative estimate of drug-likeness (QED) is 0.571. The number of nitrogens with zero attached hydrogens (tertiary/aromatic N) is 2. The van der Waals surface area contributed by atoms with Crippen LogP contribution in [0.3, 0.4) is 0 Å². The molecule has 0 heterocycles. The molecule has 0 saturated carbocycles. The highest BCUT2D eigenvalue weighted by atomic mass is 15.1. The first-order valence-electron chi connectivity index (χ1n) is 6.01. The second-order valence-corrected chi connectivity index (χ2v) is 2.95. The van der Waals surface area contributed by atoms with Gasteiger partial charge in [0, 0.05) is 6.50 Å². The Balaban J connectivity index is 2.89. The standard InChI is InChI=1S/C11H16N4/c1-9(12)15-11(13)14-8-7-10-5-3-2-4-6-10/h2-6H,7-8H2,1H3,(H4,12,13,14,15)/i5D,8D2. The van der Waals surface area contributed by atoms with Crippen molar-refractivity contribution >= 4 is 11.8 Å². The average molecular weight is 207 g/mol. The van der Waals surface area contributed by atoms with Gasteiger partial charge in [-0.15, -0.1) is 0 Å². The van der Waals surface area contributed by atoms with Crippen LogP contribution in [0.1, 0.15) is 16.6 Å². The minimum absolute atomic E-state index is 0.0352. The number of aliphatic imine (C=N–C) groups is 2. The lowest BCUT2D eigenvalue weighted by Gasteiger charge is -1.97. The molecule has 15 heavy (non-hydrogen) atoms. The Kier molecular flexibility index (Phi) is 2.88. The van der Waals surface area contributed by atoms with E-state index in [1.54, 1.807) is 24.3 Å². The van der Waals surface area contributed by atoms with Gasteiger partial charge in [0.15, 0.2) is 0 Å².